The molecule has 0 aromatic carbocycles. The van der Waals surface area contributed by atoms with Gasteiger partial charge >= 0.3 is 0 Å². The van der Waals surface area contributed by atoms with E-state index in [1.54, 1.807) is 0 Å². The van der Waals surface area contributed by atoms with E-state index in [2.05, 4.69) is 19.9 Å². The zero-order valence-corrected chi connectivity index (χ0v) is 15.2. The van der Waals surface area contributed by atoms with Crippen molar-refractivity contribution in [2.75, 3.05) is 13.2 Å². The average molecular weight is 322 g/mol. The van der Waals surface area contributed by atoms with Gasteiger partial charge in [0.2, 0.25) is 0 Å². The monoisotopic (exact) mass is 321 g/mol. The van der Waals surface area contributed by atoms with Crippen LogP contribution in [0.1, 0.15) is 84.5 Å². The Bertz CT molecular complexity index is 360. The molecule has 0 radical (unpaired) electrons. The summed E-state index contributed by atoms with van der Waals surface area (Å²) in [5.74, 6) is 1.08. The van der Waals surface area contributed by atoms with Crippen molar-refractivity contribution < 1.29 is 9.47 Å². The van der Waals surface area contributed by atoms with Crippen LogP contribution in [-0.4, -0.2) is 19.5 Å². The second kappa shape index (κ2) is 9.64. The van der Waals surface area contributed by atoms with Gasteiger partial charge < -0.3 is 9.47 Å². The van der Waals surface area contributed by atoms with Crippen molar-refractivity contribution in [3.8, 4) is 6.07 Å². The third-order valence-electron chi connectivity index (χ3n) is 5.80. The minimum Gasteiger partial charge on any atom is -0.352 e. The van der Waals surface area contributed by atoms with Crippen molar-refractivity contribution in [3.05, 3.63) is 0 Å². The Morgan fingerprint density at radius 3 is 2.26 bits per heavy atom. The Labute approximate surface area is 142 Å². The van der Waals surface area contributed by atoms with Gasteiger partial charge in [-0.1, -0.05) is 46.0 Å². The molecule has 0 unspecified atom stereocenters. The topological polar surface area (TPSA) is 42.2 Å². The molecule has 1 aliphatic carbocycles. The Balaban J connectivity index is 1.67. The first-order valence-electron chi connectivity index (χ1n) is 9.87. The normalized spacial score (nSPS) is 34.9. The van der Waals surface area contributed by atoms with Crippen LogP contribution in [0.4, 0.5) is 0 Å². The van der Waals surface area contributed by atoms with Crippen LogP contribution in [0.15, 0.2) is 0 Å². The van der Waals surface area contributed by atoms with E-state index < -0.39 is 0 Å². The van der Waals surface area contributed by atoms with Crippen molar-refractivity contribution >= 4 is 0 Å². The average Bonchev–Trinajstić information content (AvgIpc) is 2.60. The predicted octanol–water partition coefficient (Wildman–Crippen LogP) is 5.45. The lowest BCUT2D eigenvalue weighted by molar-refractivity contribution is -0.231. The highest BCUT2D eigenvalue weighted by Gasteiger charge is 2.39. The number of ether oxygens (including phenoxy) is 2. The number of rotatable bonds is 8. The maximum Gasteiger partial charge on any atom is 0.160 e. The summed E-state index contributed by atoms with van der Waals surface area (Å²) < 4.78 is 12.1. The van der Waals surface area contributed by atoms with Crippen molar-refractivity contribution in [1.29, 1.82) is 5.26 Å². The molecule has 0 atom stereocenters. The largest absolute Gasteiger partial charge is 0.352 e. The van der Waals surface area contributed by atoms with E-state index in [4.69, 9.17) is 9.47 Å². The minimum absolute atomic E-state index is 0.0137. The highest BCUT2D eigenvalue weighted by atomic mass is 16.7. The van der Waals surface area contributed by atoms with E-state index in [9.17, 15) is 5.26 Å². The molecule has 3 heteroatoms. The Morgan fingerprint density at radius 2 is 1.70 bits per heavy atom. The fourth-order valence-corrected chi connectivity index (χ4v) is 4.22. The lowest BCUT2D eigenvalue weighted by Gasteiger charge is -2.40. The van der Waals surface area contributed by atoms with Gasteiger partial charge in [-0.2, -0.15) is 5.26 Å². The second-order valence-corrected chi connectivity index (χ2v) is 7.73. The van der Waals surface area contributed by atoms with Crippen LogP contribution < -0.4 is 0 Å². The highest BCUT2D eigenvalue weighted by Crippen LogP contribution is 2.44. The van der Waals surface area contributed by atoms with Crippen molar-refractivity contribution in [2.45, 2.75) is 90.8 Å². The summed E-state index contributed by atoms with van der Waals surface area (Å²) in [7, 11) is 0. The number of unbranched alkanes of at least 4 members (excludes halogenated alkanes) is 3. The molecule has 1 saturated heterocycles. The van der Waals surface area contributed by atoms with E-state index in [0.29, 0.717) is 11.8 Å². The zero-order valence-electron chi connectivity index (χ0n) is 15.2. The summed E-state index contributed by atoms with van der Waals surface area (Å²) in [4.78, 5) is 0. The molecule has 3 nitrogen and oxygen atoms in total. The second-order valence-electron chi connectivity index (χ2n) is 7.73. The molecule has 0 N–H and O–H groups in total. The third-order valence-corrected chi connectivity index (χ3v) is 5.80. The van der Waals surface area contributed by atoms with Crippen molar-refractivity contribution in [3.63, 3.8) is 0 Å². The number of nitriles is 1. The molecular formula is C20H35NO2. The first kappa shape index (κ1) is 18.7. The van der Waals surface area contributed by atoms with E-state index in [-0.39, 0.29) is 11.7 Å². The molecule has 0 aromatic rings. The van der Waals surface area contributed by atoms with E-state index in [1.807, 2.05) is 0 Å². The van der Waals surface area contributed by atoms with Crippen LogP contribution in [0.2, 0.25) is 0 Å². The van der Waals surface area contributed by atoms with Crippen LogP contribution in [0.3, 0.4) is 0 Å². The Kier molecular flexibility index (Phi) is 7.86. The fourth-order valence-electron chi connectivity index (χ4n) is 4.22. The summed E-state index contributed by atoms with van der Waals surface area (Å²) in [6.45, 7) is 6.17. The number of hydrogen-bond acceptors (Lipinski definition) is 3. The molecule has 0 amide bonds. The Hall–Kier alpha value is -0.590. The first-order chi connectivity index (χ1) is 11.2. The van der Waals surface area contributed by atoms with Crippen molar-refractivity contribution in [1.82, 2.24) is 0 Å². The van der Waals surface area contributed by atoms with Gasteiger partial charge in [-0.05, 0) is 38.5 Å². The van der Waals surface area contributed by atoms with Gasteiger partial charge in [0.1, 0.15) is 0 Å². The van der Waals surface area contributed by atoms with Crippen LogP contribution in [0.25, 0.3) is 0 Å². The molecule has 0 aromatic heterocycles. The molecule has 1 saturated carbocycles. The lowest BCUT2D eigenvalue weighted by atomic mass is 9.69. The van der Waals surface area contributed by atoms with E-state index in [1.165, 1.54) is 32.1 Å². The molecule has 23 heavy (non-hydrogen) atoms. The summed E-state index contributed by atoms with van der Waals surface area (Å²) in [6.07, 6.45) is 12.9. The Morgan fingerprint density at radius 1 is 1.00 bits per heavy atom. The molecular weight excluding hydrogens is 286 g/mol. The van der Waals surface area contributed by atoms with Crippen molar-refractivity contribution in [2.24, 2.45) is 17.3 Å². The minimum atomic E-state index is -0.0677. The van der Waals surface area contributed by atoms with Crippen LogP contribution >= 0.6 is 0 Å². The summed E-state index contributed by atoms with van der Waals surface area (Å²) in [5, 5.41) is 9.51. The fraction of sp³-hybridized carbons (Fsp3) is 0.950. The van der Waals surface area contributed by atoms with Crippen LogP contribution in [0, 0.1) is 28.6 Å². The predicted molar refractivity (Wildman–Crippen MR) is 92.9 cm³/mol. The van der Waals surface area contributed by atoms with Gasteiger partial charge in [0.25, 0.3) is 0 Å². The number of nitrogens with zero attached hydrogens (tertiary/aromatic N) is 1. The quantitative estimate of drug-likeness (QED) is 0.558. The smallest absolute Gasteiger partial charge is 0.160 e. The molecule has 2 rings (SSSR count). The van der Waals surface area contributed by atoms with Crippen LogP contribution in [0.5, 0.6) is 0 Å². The van der Waals surface area contributed by atoms with Crippen LogP contribution in [-0.2, 0) is 9.47 Å². The van der Waals surface area contributed by atoms with Gasteiger partial charge in [0.15, 0.2) is 6.29 Å². The SMILES string of the molecule is CCCCCCC1COC(C2CCC(C#N)(CCC)CC2)OC1. The standard InChI is InChI=1S/C20H35NO2/c1-3-5-6-7-8-17-14-22-19(23-15-17)18-9-12-20(16-21,11-4-2)13-10-18/h17-19H,3-15H2,1-2H3. The summed E-state index contributed by atoms with van der Waals surface area (Å²) >= 11 is 0. The first-order valence-corrected chi connectivity index (χ1v) is 9.87. The van der Waals surface area contributed by atoms with Gasteiger partial charge in [0, 0.05) is 11.8 Å². The molecule has 132 valence electrons. The molecule has 1 heterocycles. The van der Waals surface area contributed by atoms with E-state index >= 15 is 0 Å². The van der Waals surface area contributed by atoms with E-state index in [0.717, 1.165) is 51.7 Å². The maximum atomic E-state index is 9.51. The summed E-state index contributed by atoms with van der Waals surface area (Å²) in [6, 6.07) is 2.60. The molecule has 0 bridgehead atoms. The third kappa shape index (κ3) is 5.47. The maximum absolute atomic E-state index is 9.51. The lowest BCUT2D eigenvalue weighted by Crippen LogP contribution is -2.40. The molecule has 2 aliphatic rings. The van der Waals surface area contributed by atoms with Gasteiger partial charge in [0.05, 0.1) is 24.7 Å². The summed E-state index contributed by atoms with van der Waals surface area (Å²) in [5.41, 5.74) is -0.0677. The van der Waals surface area contributed by atoms with Gasteiger partial charge in [-0.3, -0.25) is 0 Å². The molecule has 0 spiro atoms. The van der Waals surface area contributed by atoms with Gasteiger partial charge in [-0.25, -0.2) is 0 Å². The number of hydrogen-bond donors (Lipinski definition) is 0. The molecule has 1 aliphatic heterocycles. The molecule has 2 fully saturated rings. The highest BCUT2D eigenvalue weighted by molar-refractivity contribution is 5.01. The zero-order chi connectivity index (χ0) is 16.5. The van der Waals surface area contributed by atoms with Gasteiger partial charge in [-0.15, -0.1) is 0 Å².